The van der Waals surface area contributed by atoms with Crippen molar-refractivity contribution < 1.29 is 0 Å². The summed E-state index contributed by atoms with van der Waals surface area (Å²) in [7, 11) is 0. The third-order valence-corrected chi connectivity index (χ3v) is 13.8. The van der Waals surface area contributed by atoms with Crippen LogP contribution in [0.4, 0.5) is 0 Å². The van der Waals surface area contributed by atoms with Crippen molar-refractivity contribution in [3.63, 3.8) is 0 Å². The standard InChI is InChI=1S/3C17H16/c1-3-7-15-13(5-1)9-11-17(15)12-10-14-6-2-4-8-16(14)17;1-2-7-15-12-17(11-14(15)6-1)10-9-13-5-3-4-8-16(13)17;1-2-6-14-10-17(9-13(14)5-1)11-15-7-3-4-8-16(15)12-17/h3*1-8H,9-12H2. The Bertz CT molecular complexity index is 2060. The van der Waals surface area contributed by atoms with Crippen LogP contribution in [-0.4, -0.2) is 0 Å². The zero-order chi connectivity index (χ0) is 33.9. The summed E-state index contributed by atoms with van der Waals surface area (Å²) < 4.78 is 0. The lowest BCUT2D eigenvalue weighted by molar-refractivity contribution is 0.326. The Kier molecular flexibility index (Phi) is 7.45. The van der Waals surface area contributed by atoms with Crippen LogP contribution >= 0.6 is 0 Å². The molecule has 0 unspecified atom stereocenters. The van der Waals surface area contributed by atoms with Crippen LogP contribution in [0.2, 0.25) is 0 Å². The van der Waals surface area contributed by atoms with Crippen molar-refractivity contribution in [3.05, 3.63) is 212 Å². The fourth-order valence-electron chi connectivity index (χ4n) is 11.5. The average molecular weight is 661 g/mol. The molecule has 0 fully saturated rings. The van der Waals surface area contributed by atoms with Gasteiger partial charge in [-0.15, -0.1) is 0 Å². The molecule has 0 aromatic heterocycles. The van der Waals surface area contributed by atoms with E-state index in [4.69, 9.17) is 0 Å². The van der Waals surface area contributed by atoms with Crippen LogP contribution in [0.25, 0.3) is 0 Å². The van der Waals surface area contributed by atoms with E-state index in [1.807, 2.05) is 0 Å². The molecule has 0 aliphatic heterocycles. The van der Waals surface area contributed by atoms with Crippen LogP contribution in [0.5, 0.6) is 0 Å². The molecule has 3 spiro atoms. The third-order valence-electron chi connectivity index (χ3n) is 13.8. The summed E-state index contributed by atoms with van der Waals surface area (Å²) >= 11 is 0. The minimum Gasteiger partial charge on any atom is -0.0620 e. The molecule has 51 heavy (non-hydrogen) atoms. The first-order valence-corrected chi connectivity index (χ1v) is 19.6. The van der Waals surface area contributed by atoms with E-state index in [1.54, 1.807) is 66.8 Å². The van der Waals surface area contributed by atoms with Crippen LogP contribution in [0, 0.1) is 5.41 Å². The van der Waals surface area contributed by atoms with Crippen molar-refractivity contribution in [2.45, 2.75) is 87.9 Å². The van der Waals surface area contributed by atoms with Crippen LogP contribution in [0.1, 0.15) is 86.0 Å². The Hall–Kier alpha value is -4.68. The number of rotatable bonds is 0. The van der Waals surface area contributed by atoms with Crippen molar-refractivity contribution in [2.24, 2.45) is 5.41 Å². The van der Waals surface area contributed by atoms with Crippen LogP contribution in [-0.2, 0) is 68.6 Å². The summed E-state index contributed by atoms with van der Waals surface area (Å²) in [6.07, 6.45) is 15.3. The number of hydrogen-bond donors (Lipinski definition) is 0. The van der Waals surface area contributed by atoms with E-state index < -0.39 is 0 Å². The molecule has 0 amide bonds. The zero-order valence-corrected chi connectivity index (χ0v) is 29.8. The molecule has 6 aromatic rings. The molecule has 0 bridgehead atoms. The molecule has 0 nitrogen and oxygen atoms in total. The monoisotopic (exact) mass is 660 g/mol. The molecule has 0 atom stereocenters. The minimum atomic E-state index is 0.354. The van der Waals surface area contributed by atoms with E-state index in [9.17, 15) is 0 Å². The maximum absolute atomic E-state index is 2.36. The van der Waals surface area contributed by atoms with Crippen LogP contribution in [0.3, 0.4) is 0 Å². The van der Waals surface area contributed by atoms with Gasteiger partial charge in [-0.2, -0.15) is 0 Å². The highest BCUT2D eigenvalue weighted by atomic mass is 14.5. The molecule has 12 rings (SSSR count). The Labute approximate surface area is 304 Å². The summed E-state index contributed by atoms with van der Waals surface area (Å²) in [5, 5.41) is 0. The highest BCUT2D eigenvalue weighted by molar-refractivity contribution is 5.53. The number of hydrogen-bond acceptors (Lipinski definition) is 0. The fourth-order valence-corrected chi connectivity index (χ4v) is 11.5. The van der Waals surface area contributed by atoms with Gasteiger partial charge in [0.2, 0.25) is 0 Å². The van der Waals surface area contributed by atoms with E-state index in [1.165, 1.54) is 77.0 Å². The van der Waals surface area contributed by atoms with E-state index in [0.717, 1.165) is 0 Å². The number of aryl methyl sites for hydroxylation is 3. The van der Waals surface area contributed by atoms with Crippen molar-refractivity contribution in [2.75, 3.05) is 0 Å². The Morgan fingerprint density at radius 2 is 0.569 bits per heavy atom. The Morgan fingerprint density at radius 1 is 0.275 bits per heavy atom. The zero-order valence-electron chi connectivity index (χ0n) is 29.8. The van der Waals surface area contributed by atoms with Gasteiger partial charge in [0.1, 0.15) is 0 Å². The van der Waals surface area contributed by atoms with E-state index >= 15 is 0 Å². The van der Waals surface area contributed by atoms with Gasteiger partial charge in [0.05, 0.1) is 0 Å². The second-order valence-electron chi connectivity index (χ2n) is 16.7. The van der Waals surface area contributed by atoms with E-state index in [0.29, 0.717) is 16.2 Å². The highest BCUT2D eigenvalue weighted by Gasteiger charge is 2.45. The topological polar surface area (TPSA) is 0 Å². The molecular formula is C51H48. The average Bonchev–Trinajstić information content (AvgIpc) is 4.03. The van der Waals surface area contributed by atoms with Gasteiger partial charge in [-0.3, -0.25) is 0 Å². The molecule has 252 valence electrons. The predicted molar refractivity (Wildman–Crippen MR) is 211 cm³/mol. The second kappa shape index (κ2) is 12.2. The van der Waals surface area contributed by atoms with Crippen molar-refractivity contribution in [1.82, 2.24) is 0 Å². The minimum absolute atomic E-state index is 0.354. The lowest BCUT2D eigenvalue weighted by Gasteiger charge is -2.26. The molecule has 0 saturated carbocycles. The molecule has 6 aliphatic carbocycles. The Balaban J connectivity index is 0.0000000963. The van der Waals surface area contributed by atoms with Crippen LogP contribution in [0.15, 0.2) is 146 Å². The van der Waals surface area contributed by atoms with Crippen molar-refractivity contribution in [3.8, 4) is 0 Å². The molecule has 0 N–H and O–H groups in total. The van der Waals surface area contributed by atoms with Crippen molar-refractivity contribution >= 4 is 0 Å². The van der Waals surface area contributed by atoms with Gasteiger partial charge in [-0.1, -0.05) is 146 Å². The van der Waals surface area contributed by atoms with Gasteiger partial charge < -0.3 is 0 Å². The van der Waals surface area contributed by atoms with Gasteiger partial charge in [-0.05, 0) is 149 Å². The molecule has 0 radical (unpaired) electrons. The highest BCUT2D eigenvalue weighted by Crippen LogP contribution is 2.52. The second-order valence-corrected chi connectivity index (χ2v) is 16.7. The summed E-state index contributed by atoms with van der Waals surface area (Å²) in [6.45, 7) is 0. The maximum Gasteiger partial charge on any atom is 0.0214 e. The lowest BCUT2D eigenvalue weighted by atomic mass is 9.77. The van der Waals surface area contributed by atoms with E-state index in [-0.39, 0.29) is 0 Å². The molecule has 0 heteroatoms. The first-order valence-electron chi connectivity index (χ1n) is 19.6. The maximum atomic E-state index is 2.36. The largest absolute Gasteiger partial charge is 0.0620 e. The third kappa shape index (κ3) is 5.25. The summed E-state index contributed by atoms with van der Waals surface area (Å²) in [4.78, 5) is 0. The molecule has 0 saturated heterocycles. The normalized spacial score (nSPS) is 19.3. The Morgan fingerprint density at radius 3 is 0.980 bits per heavy atom. The summed E-state index contributed by atoms with van der Waals surface area (Å²) in [6, 6.07) is 54.1. The predicted octanol–water partition coefficient (Wildman–Crippen LogP) is 11.1. The van der Waals surface area contributed by atoms with Gasteiger partial charge >= 0.3 is 0 Å². The van der Waals surface area contributed by atoms with Gasteiger partial charge in [0.25, 0.3) is 0 Å². The van der Waals surface area contributed by atoms with Gasteiger partial charge in [0.15, 0.2) is 0 Å². The molecule has 0 heterocycles. The van der Waals surface area contributed by atoms with Gasteiger partial charge in [-0.25, -0.2) is 0 Å². The van der Waals surface area contributed by atoms with Crippen molar-refractivity contribution in [1.29, 1.82) is 0 Å². The molecule has 6 aromatic carbocycles. The number of fused-ring (bicyclic) bond motifs is 9. The summed E-state index contributed by atoms with van der Waals surface area (Å²) in [5.41, 5.74) is 20.3. The smallest absolute Gasteiger partial charge is 0.0214 e. The number of benzene rings is 6. The van der Waals surface area contributed by atoms with Crippen LogP contribution < -0.4 is 0 Å². The van der Waals surface area contributed by atoms with Gasteiger partial charge in [0, 0.05) is 10.8 Å². The first kappa shape index (κ1) is 31.1. The summed E-state index contributed by atoms with van der Waals surface area (Å²) in [5.74, 6) is 0. The first-order chi connectivity index (χ1) is 25.1. The SMILES string of the molecule is c1ccc2c(c1)CC1(C2)Cc2ccccc2C1.c1ccc2c(c1)CC1(CCc3ccccc31)C2.c1ccc2c(c1)CCC21CCc2ccccc21. The van der Waals surface area contributed by atoms with E-state index in [2.05, 4.69) is 146 Å². The molecule has 6 aliphatic rings. The quantitative estimate of drug-likeness (QED) is 0.152. The fraction of sp³-hybridized carbons (Fsp3) is 0.294. The molecular weight excluding hydrogens is 613 g/mol. The lowest BCUT2D eigenvalue weighted by Crippen LogP contribution is -2.23.